The molecule has 1 aliphatic heterocycles. The fraction of sp³-hybridized carbons (Fsp3) is 0.364. The Morgan fingerprint density at radius 1 is 1.04 bits per heavy atom. The van der Waals surface area contributed by atoms with E-state index < -0.39 is 0 Å². The summed E-state index contributed by atoms with van der Waals surface area (Å²) in [6.45, 7) is 0.630. The molecule has 0 radical (unpaired) electrons. The number of benzene rings is 2. The van der Waals surface area contributed by atoms with Crippen LogP contribution in [0.25, 0.3) is 11.1 Å². The van der Waals surface area contributed by atoms with Gasteiger partial charge in [0.1, 0.15) is 11.8 Å². The molecule has 2 fully saturated rings. The molecule has 1 aliphatic carbocycles. The minimum absolute atomic E-state index is 0.00713. The molecule has 0 spiro atoms. The quantitative estimate of drug-likeness (QED) is 0.886. The number of methoxy groups -OCH3 is 1. The van der Waals surface area contributed by atoms with Gasteiger partial charge < -0.3 is 15.0 Å². The van der Waals surface area contributed by atoms with Gasteiger partial charge in [0.25, 0.3) is 5.91 Å². The van der Waals surface area contributed by atoms with Crippen LogP contribution in [-0.4, -0.2) is 42.5 Å². The van der Waals surface area contributed by atoms with Crippen molar-refractivity contribution in [3.8, 4) is 16.9 Å². The maximum atomic E-state index is 13.1. The molecule has 1 saturated carbocycles. The number of carbonyl (C=O) groups is 2. The standard InChI is InChI=1S/C22H24N2O3/c1-27-19-8-3-6-16(14-19)15-5-2-7-17(13-15)22(26)24-12-4-9-20(24)21(25)23-18-10-11-18/h2-3,5-8,13-14,18,20H,4,9-12H2,1H3,(H,23,25). The van der Waals surface area contributed by atoms with Gasteiger partial charge in [-0.15, -0.1) is 0 Å². The van der Waals surface area contributed by atoms with Gasteiger partial charge in [0.2, 0.25) is 5.91 Å². The number of amides is 2. The van der Waals surface area contributed by atoms with Crippen molar-refractivity contribution in [3.05, 3.63) is 54.1 Å². The fourth-order valence-electron chi connectivity index (χ4n) is 3.61. The Kier molecular flexibility index (Phi) is 4.84. The second-order valence-corrected chi connectivity index (χ2v) is 7.25. The first-order valence-corrected chi connectivity index (χ1v) is 9.51. The van der Waals surface area contributed by atoms with E-state index in [1.165, 1.54) is 0 Å². The third-order valence-corrected chi connectivity index (χ3v) is 5.25. The molecule has 0 bridgehead atoms. The smallest absolute Gasteiger partial charge is 0.254 e. The van der Waals surface area contributed by atoms with E-state index in [9.17, 15) is 9.59 Å². The average Bonchev–Trinajstić information content (AvgIpc) is 3.39. The number of rotatable bonds is 5. The molecule has 140 valence electrons. The first-order chi connectivity index (χ1) is 13.2. The number of ether oxygens (including phenoxy) is 1. The van der Waals surface area contributed by atoms with E-state index in [2.05, 4.69) is 5.32 Å². The van der Waals surface area contributed by atoms with Crippen LogP contribution in [0.5, 0.6) is 5.75 Å². The molecule has 1 atom stereocenters. The van der Waals surface area contributed by atoms with E-state index in [1.54, 1.807) is 12.0 Å². The Hall–Kier alpha value is -2.82. The van der Waals surface area contributed by atoms with Gasteiger partial charge in [-0.2, -0.15) is 0 Å². The number of nitrogens with zero attached hydrogens (tertiary/aromatic N) is 1. The van der Waals surface area contributed by atoms with Crippen LogP contribution in [0.15, 0.2) is 48.5 Å². The molecule has 0 aromatic heterocycles. The van der Waals surface area contributed by atoms with E-state index >= 15 is 0 Å². The molecule has 4 rings (SSSR count). The molecule has 2 amide bonds. The van der Waals surface area contributed by atoms with Crippen LogP contribution in [0.2, 0.25) is 0 Å². The third-order valence-electron chi connectivity index (χ3n) is 5.25. The highest BCUT2D eigenvalue weighted by molar-refractivity contribution is 5.99. The normalized spacial score (nSPS) is 19.0. The average molecular weight is 364 g/mol. The van der Waals surface area contributed by atoms with Crippen molar-refractivity contribution in [2.75, 3.05) is 13.7 Å². The maximum absolute atomic E-state index is 13.1. The van der Waals surface area contributed by atoms with Crippen molar-refractivity contribution in [1.82, 2.24) is 10.2 Å². The van der Waals surface area contributed by atoms with Crippen LogP contribution in [0.4, 0.5) is 0 Å². The predicted molar refractivity (Wildman–Crippen MR) is 104 cm³/mol. The van der Waals surface area contributed by atoms with Gasteiger partial charge in [0, 0.05) is 18.2 Å². The van der Waals surface area contributed by atoms with Crippen LogP contribution in [-0.2, 0) is 4.79 Å². The Labute approximate surface area is 159 Å². The lowest BCUT2D eigenvalue weighted by Crippen LogP contribution is -2.46. The Morgan fingerprint density at radius 3 is 2.52 bits per heavy atom. The highest BCUT2D eigenvalue weighted by atomic mass is 16.5. The number of nitrogens with one attached hydrogen (secondary N) is 1. The highest BCUT2D eigenvalue weighted by Gasteiger charge is 2.36. The van der Waals surface area contributed by atoms with Crippen LogP contribution in [0.3, 0.4) is 0 Å². The monoisotopic (exact) mass is 364 g/mol. The zero-order chi connectivity index (χ0) is 18.8. The third kappa shape index (κ3) is 3.82. The summed E-state index contributed by atoms with van der Waals surface area (Å²) in [7, 11) is 1.64. The van der Waals surface area contributed by atoms with Crippen molar-refractivity contribution < 1.29 is 14.3 Å². The number of hydrogen-bond donors (Lipinski definition) is 1. The minimum atomic E-state index is -0.349. The van der Waals surface area contributed by atoms with Crippen LogP contribution < -0.4 is 10.1 Å². The molecule has 1 saturated heterocycles. The molecule has 1 N–H and O–H groups in total. The van der Waals surface area contributed by atoms with Gasteiger partial charge >= 0.3 is 0 Å². The molecule has 5 nitrogen and oxygen atoms in total. The number of hydrogen-bond acceptors (Lipinski definition) is 3. The van der Waals surface area contributed by atoms with Crippen molar-refractivity contribution in [1.29, 1.82) is 0 Å². The fourth-order valence-corrected chi connectivity index (χ4v) is 3.61. The van der Waals surface area contributed by atoms with Crippen molar-refractivity contribution in [2.45, 2.75) is 37.8 Å². The molecule has 1 heterocycles. The van der Waals surface area contributed by atoms with Gasteiger partial charge in [-0.05, 0) is 61.1 Å². The number of carbonyl (C=O) groups excluding carboxylic acids is 2. The summed E-state index contributed by atoms with van der Waals surface area (Å²) in [6, 6.07) is 15.3. The first-order valence-electron chi connectivity index (χ1n) is 9.51. The van der Waals surface area contributed by atoms with Gasteiger partial charge in [0.05, 0.1) is 7.11 Å². The summed E-state index contributed by atoms with van der Waals surface area (Å²) < 4.78 is 5.29. The van der Waals surface area contributed by atoms with Crippen LogP contribution in [0, 0.1) is 0 Å². The Balaban J connectivity index is 1.55. The van der Waals surface area contributed by atoms with Gasteiger partial charge in [-0.1, -0.05) is 24.3 Å². The van der Waals surface area contributed by atoms with E-state index in [4.69, 9.17) is 4.74 Å². The van der Waals surface area contributed by atoms with Crippen LogP contribution in [0.1, 0.15) is 36.0 Å². The summed E-state index contributed by atoms with van der Waals surface area (Å²) in [5.41, 5.74) is 2.56. The molecule has 2 aromatic rings. The molecule has 2 aliphatic rings. The Morgan fingerprint density at radius 2 is 1.78 bits per heavy atom. The second kappa shape index (κ2) is 7.43. The van der Waals surface area contributed by atoms with Gasteiger partial charge in [0.15, 0.2) is 0 Å². The minimum Gasteiger partial charge on any atom is -0.497 e. The lowest BCUT2D eigenvalue weighted by Gasteiger charge is -2.24. The SMILES string of the molecule is COc1cccc(-c2cccc(C(=O)N3CCCC3C(=O)NC3CC3)c2)c1. The van der Waals surface area contributed by atoms with Crippen molar-refractivity contribution in [3.63, 3.8) is 0 Å². The highest BCUT2D eigenvalue weighted by Crippen LogP contribution is 2.27. The molecular weight excluding hydrogens is 340 g/mol. The van der Waals surface area contributed by atoms with E-state index in [0.717, 1.165) is 42.6 Å². The van der Waals surface area contributed by atoms with E-state index in [-0.39, 0.29) is 17.9 Å². The van der Waals surface area contributed by atoms with Crippen LogP contribution >= 0.6 is 0 Å². The van der Waals surface area contributed by atoms with Crippen molar-refractivity contribution >= 4 is 11.8 Å². The van der Waals surface area contributed by atoms with Gasteiger partial charge in [-0.3, -0.25) is 9.59 Å². The molecule has 1 unspecified atom stereocenters. The summed E-state index contributed by atoms with van der Waals surface area (Å²) >= 11 is 0. The van der Waals surface area contributed by atoms with Crippen molar-refractivity contribution in [2.24, 2.45) is 0 Å². The summed E-state index contributed by atoms with van der Waals surface area (Å²) in [5.74, 6) is 0.695. The molecule has 27 heavy (non-hydrogen) atoms. The molecular formula is C22H24N2O3. The van der Waals surface area contributed by atoms with E-state index in [1.807, 2.05) is 48.5 Å². The largest absolute Gasteiger partial charge is 0.497 e. The predicted octanol–water partition coefficient (Wildman–Crippen LogP) is 3.25. The lowest BCUT2D eigenvalue weighted by molar-refractivity contribution is -0.125. The zero-order valence-electron chi connectivity index (χ0n) is 15.5. The second-order valence-electron chi connectivity index (χ2n) is 7.25. The summed E-state index contributed by atoms with van der Waals surface area (Å²) in [4.78, 5) is 27.3. The lowest BCUT2D eigenvalue weighted by atomic mass is 10.0. The maximum Gasteiger partial charge on any atom is 0.254 e. The Bertz CT molecular complexity index is 860. The topological polar surface area (TPSA) is 58.6 Å². The summed E-state index contributed by atoms with van der Waals surface area (Å²) in [5, 5.41) is 3.04. The van der Waals surface area contributed by atoms with E-state index in [0.29, 0.717) is 18.2 Å². The zero-order valence-corrected chi connectivity index (χ0v) is 15.5. The van der Waals surface area contributed by atoms with Gasteiger partial charge in [-0.25, -0.2) is 0 Å². The number of likely N-dealkylation sites (tertiary alicyclic amines) is 1. The molecule has 5 heteroatoms. The first kappa shape index (κ1) is 17.6. The molecule has 2 aromatic carbocycles. The summed E-state index contributed by atoms with van der Waals surface area (Å²) in [6.07, 6.45) is 3.70.